The highest BCUT2D eigenvalue weighted by Gasteiger charge is 2.30. The summed E-state index contributed by atoms with van der Waals surface area (Å²) in [6.45, 7) is 6.04. The third-order valence-electron chi connectivity index (χ3n) is 6.02. The first-order valence-electron chi connectivity index (χ1n) is 11.3. The van der Waals surface area contributed by atoms with Gasteiger partial charge in [0.1, 0.15) is 5.00 Å². The van der Waals surface area contributed by atoms with Crippen molar-refractivity contribution in [2.75, 3.05) is 51.8 Å². The molecule has 0 radical (unpaired) electrons. The summed E-state index contributed by atoms with van der Waals surface area (Å²) in [6, 6.07) is 5.83. The summed E-state index contributed by atoms with van der Waals surface area (Å²) in [5.41, 5.74) is 1.65. The highest BCUT2D eigenvalue weighted by atomic mass is 32.2. The van der Waals surface area contributed by atoms with Crippen LogP contribution in [0.4, 0.5) is 5.00 Å². The van der Waals surface area contributed by atoms with Crippen LogP contribution in [0.2, 0.25) is 0 Å². The van der Waals surface area contributed by atoms with Gasteiger partial charge in [-0.1, -0.05) is 6.92 Å². The summed E-state index contributed by atoms with van der Waals surface area (Å²) in [4.78, 5) is 29.0. The minimum Gasteiger partial charge on any atom is -0.465 e. The maximum Gasteiger partial charge on any atom is 0.341 e. The zero-order chi connectivity index (χ0) is 24.3. The number of ether oxygens (including phenoxy) is 2. The number of morpholine rings is 1. The van der Waals surface area contributed by atoms with Gasteiger partial charge in [-0.15, -0.1) is 11.3 Å². The molecule has 1 aromatic heterocycles. The number of benzene rings is 1. The molecule has 0 aliphatic carbocycles. The monoisotopic (exact) mass is 507 g/mol. The van der Waals surface area contributed by atoms with E-state index in [4.69, 9.17) is 9.47 Å². The molecule has 0 saturated carbocycles. The van der Waals surface area contributed by atoms with Crippen molar-refractivity contribution in [3.05, 3.63) is 45.8 Å². The van der Waals surface area contributed by atoms with Gasteiger partial charge in [0.05, 0.1) is 30.8 Å². The maximum absolute atomic E-state index is 13.0. The molecule has 0 bridgehead atoms. The maximum atomic E-state index is 13.0. The van der Waals surface area contributed by atoms with Gasteiger partial charge >= 0.3 is 5.97 Å². The minimum absolute atomic E-state index is 0.129. The number of anilines is 1. The second-order valence-corrected chi connectivity index (χ2v) is 11.3. The zero-order valence-electron chi connectivity index (χ0n) is 19.3. The van der Waals surface area contributed by atoms with Gasteiger partial charge in [0.15, 0.2) is 0 Å². The predicted octanol–water partition coefficient (Wildman–Crippen LogP) is 2.58. The Kier molecular flexibility index (Phi) is 7.68. The Bertz CT molecular complexity index is 1150. The van der Waals surface area contributed by atoms with Gasteiger partial charge in [-0.2, -0.15) is 4.31 Å². The number of rotatable bonds is 7. The smallest absolute Gasteiger partial charge is 0.341 e. The number of hydrogen-bond donors (Lipinski definition) is 1. The normalized spacial score (nSPS) is 17.2. The lowest BCUT2D eigenvalue weighted by molar-refractivity contribution is 0.0600. The molecule has 9 nitrogen and oxygen atoms in total. The Morgan fingerprint density at radius 2 is 1.85 bits per heavy atom. The Balaban J connectivity index is 1.54. The molecule has 1 amide bonds. The van der Waals surface area contributed by atoms with Gasteiger partial charge in [-0.3, -0.25) is 9.69 Å². The molecule has 1 saturated heterocycles. The number of nitrogens with one attached hydrogen (secondary N) is 1. The molecule has 0 atom stereocenters. The average Bonchev–Trinajstić information content (AvgIpc) is 3.21. The number of fused-ring (bicyclic) bond motifs is 1. The van der Waals surface area contributed by atoms with E-state index < -0.39 is 21.9 Å². The van der Waals surface area contributed by atoms with Crippen molar-refractivity contribution in [1.82, 2.24) is 9.21 Å². The molecule has 1 fully saturated rings. The topological polar surface area (TPSA) is 105 Å². The van der Waals surface area contributed by atoms with Gasteiger partial charge in [-0.05, 0) is 49.2 Å². The Hall–Kier alpha value is -2.31. The van der Waals surface area contributed by atoms with Crippen LogP contribution < -0.4 is 5.32 Å². The zero-order valence-corrected chi connectivity index (χ0v) is 21.0. The molecule has 2 aliphatic rings. The van der Waals surface area contributed by atoms with Crippen molar-refractivity contribution in [1.29, 1.82) is 0 Å². The number of thiophene rings is 1. The molecule has 1 N–H and O–H groups in total. The summed E-state index contributed by atoms with van der Waals surface area (Å²) in [5, 5.41) is 3.31. The molecule has 184 valence electrons. The van der Waals surface area contributed by atoms with Crippen molar-refractivity contribution in [3.8, 4) is 0 Å². The summed E-state index contributed by atoms with van der Waals surface area (Å²) in [6.07, 6.45) is 1.77. The predicted molar refractivity (Wildman–Crippen MR) is 129 cm³/mol. The number of amides is 1. The van der Waals surface area contributed by atoms with Crippen LogP contribution in [0.15, 0.2) is 29.2 Å². The fourth-order valence-electron chi connectivity index (χ4n) is 4.26. The number of sulfonamides is 1. The van der Waals surface area contributed by atoms with E-state index in [1.54, 1.807) is 0 Å². The van der Waals surface area contributed by atoms with E-state index >= 15 is 0 Å². The lowest BCUT2D eigenvalue weighted by Gasteiger charge is -2.26. The summed E-state index contributed by atoms with van der Waals surface area (Å²) < 4.78 is 37.2. The minimum atomic E-state index is -3.64. The van der Waals surface area contributed by atoms with Crippen LogP contribution in [-0.2, 0) is 32.5 Å². The van der Waals surface area contributed by atoms with E-state index in [1.807, 2.05) is 0 Å². The van der Waals surface area contributed by atoms with Crippen LogP contribution >= 0.6 is 11.3 Å². The SMILES string of the molecule is CCCN1CCc2c(sc(NC(=O)c3ccc(S(=O)(=O)N4CCOCC4)cc3)c2C(=O)OC)C1. The molecule has 3 heterocycles. The first-order chi connectivity index (χ1) is 16.3. The molecule has 4 rings (SSSR count). The van der Waals surface area contributed by atoms with E-state index in [0.29, 0.717) is 42.4 Å². The third-order valence-corrected chi connectivity index (χ3v) is 9.06. The van der Waals surface area contributed by atoms with Gasteiger partial charge in [0.25, 0.3) is 5.91 Å². The molecule has 34 heavy (non-hydrogen) atoms. The van der Waals surface area contributed by atoms with E-state index in [9.17, 15) is 18.0 Å². The first-order valence-corrected chi connectivity index (χ1v) is 13.5. The highest BCUT2D eigenvalue weighted by Crippen LogP contribution is 2.38. The molecular weight excluding hydrogens is 478 g/mol. The van der Waals surface area contributed by atoms with E-state index in [0.717, 1.165) is 42.9 Å². The van der Waals surface area contributed by atoms with Crippen LogP contribution in [0.25, 0.3) is 0 Å². The van der Waals surface area contributed by atoms with Gasteiger partial charge in [0, 0.05) is 36.6 Å². The fraction of sp³-hybridized carbons (Fsp3) is 0.478. The van der Waals surface area contributed by atoms with Crippen molar-refractivity contribution in [3.63, 3.8) is 0 Å². The quantitative estimate of drug-likeness (QED) is 0.574. The fourth-order valence-corrected chi connectivity index (χ4v) is 6.94. The molecule has 1 aromatic carbocycles. The van der Waals surface area contributed by atoms with E-state index in [-0.39, 0.29) is 4.90 Å². The Labute approximate surface area is 203 Å². The average molecular weight is 508 g/mol. The summed E-state index contributed by atoms with van der Waals surface area (Å²) in [7, 11) is -2.31. The first kappa shape index (κ1) is 24.8. The number of methoxy groups -OCH3 is 1. The Morgan fingerprint density at radius 1 is 1.15 bits per heavy atom. The van der Waals surface area contributed by atoms with Crippen molar-refractivity contribution in [2.24, 2.45) is 0 Å². The molecular formula is C23H29N3O6S2. The lowest BCUT2D eigenvalue weighted by Crippen LogP contribution is -2.40. The molecule has 11 heteroatoms. The summed E-state index contributed by atoms with van der Waals surface area (Å²) in [5.74, 6) is -0.881. The van der Waals surface area contributed by atoms with Crippen LogP contribution in [-0.4, -0.2) is 76.0 Å². The van der Waals surface area contributed by atoms with Crippen molar-refractivity contribution in [2.45, 2.75) is 31.2 Å². The van der Waals surface area contributed by atoms with E-state index in [2.05, 4.69) is 17.1 Å². The standard InChI is InChI=1S/C23H29N3O6S2/c1-3-9-25-10-8-18-19(15-25)33-22(20(18)23(28)31-2)24-21(27)16-4-6-17(7-5-16)34(29,30)26-11-13-32-14-12-26/h4-7H,3,8-15H2,1-2H3,(H,24,27). The van der Waals surface area contributed by atoms with Crippen molar-refractivity contribution < 1.29 is 27.5 Å². The Morgan fingerprint density at radius 3 is 2.50 bits per heavy atom. The number of esters is 1. The molecule has 0 spiro atoms. The third kappa shape index (κ3) is 5.03. The second kappa shape index (κ2) is 10.5. The summed E-state index contributed by atoms with van der Waals surface area (Å²) >= 11 is 1.40. The number of nitrogens with zero attached hydrogens (tertiary/aromatic N) is 2. The number of carbonyl (C=O) groups is 2. The number of carbonyl (C=O) groups excluding carboxylic acids is 2. The van der Waals surface area contributed by atoms with Crippen LogP contribution in [0.3, 0.4) is 0 Å². The highest BCUT2D eigenvalue weighted by molar-refractivity contribution is 7.89. The van der Waals surface area contributed by atoms with Crippen LogP contribution in [0, 0.1) is 0 Å². The van der Waals surface area contributed by atoms with Crippen LogP contribution in [0.1, 0.15) is 44.5 Å². The van der Waals surface area contributed by atoms with Crippen molar-refractivity contribution >= 4 is 38.2 Å². The largest absolute Gasteiger partial charge is 0.465 e. The second-order valence-electron chi connectivity index (χ2n) is 8.22. The molecule has 2 aromatic rings. The number of hydrogen-bond acceptors (Lipinski definition) is 8. The van der Waals surface area contributed by atoms with Gasteiger partial charge in [0.2, 0.25) is 10.0 Å². The lowest BCUT2D eigenvalue weighted by atomic mass is 10.0. The van der Waals surface area contributed by atoms with Crippen LogP contribution in [0.5, 0.6) is 0 Å². The molecule has 2 aliphatic heterocycles. The van der Waals surface area contributed by atoms with E-state index in [1.165, 1.54) is 47.0 Å². The van der Waals surface area contributed by atoms with Gasteiger partial charge < -0.3 is 14.8 Å². The molecule has 0 unspecified atom stereocenters. The van der Waals surface area contributed by atoms with Gasteiger partial charge in [-0.25, -0.2) is 13.2 Å².